The van der Waals surface area contributed by atoms with Crippen LogP contribution in [0, 0.1) is 6.92 Å². The smallest absolute Gasteiger partial charge is 0.265 e. The molecule has 6 nitrogen and oxygen atoms in total. The molecule has 20 heavy (non-hydrogen) atoms. The van der Waals surface area contributed by atoms with Crippen LogP contribution in [0.25, 0.3) is 0 Å². The van der Waals surface area contributed by atoms with Crippen molar-refractivity contribution < 1.29 is 8.91 Å². The summed E-state index contributed by atoms with van der Waals surface area (Å²) in [5, 5.41) is 7.83. The third-order valence-corrected chi connectivity index (χ3v) is 3.60. The second-order valence-electron chi connectivity index (χ2n) is 5.45. The van der Waals surface area contributed by atoms with Crippen LogP contribution < -0.4 is 0 Å². The van der Waals surface area contributed by atoms with E-state index in [1.54, 1.807) is 11.6 Å². The molecule has 108 valence electrons. The van der Waals surface area contributed by atoms with Crippen molar-refractivity contribution in [1.82, 2.24) is 24.8 Å². The first kappa shape index (κ1) is 13.2. The maximum atomic E-state index is 15.0. The number of alkyl halides is 1. The minimum atomic E-state index is -1.54. The molecule has 3 rings (SSSR count). The largest absolute Gasteiger partial charge is 0.336 e. The van der Waals surface area contributed by atoms with Gasteiger partial charge in [-0.25, -0.2) is 4.39 Å². The van der Waals surface area contributed by atoms with Gasteiger partial charge in [0.25, 0.3) is 5.89 Å². The first-order valence-electron chi connectivity index (χ1n) is 6.75. The van der Waals surface area contributed by atoms with E-state index in [1.165, 1.54) is 0 Å². The summed E-state index contributed by atoms with van der Waals surface area (Å²) in [6, 6.07) is 0. The van der Waals surface area contributed by atoms with E-state index in [-0.39, 0.29) is 12.4 Å². The first-order valence-corrected chi connectivity index (χ1v) is 6.75. The highest BCUT2D eigenvalue weighted by Gasteiger charge is 2.42. The number of hydrogen-bond acceptors (Lipinski definition) is 5. The van der Waals surface area contributed by atoms with Crippen LogP contribution in [0.2, 0.25) is 0 Å². The van der Waals surface area contributed by atoms with Gasteiger partial charge in [-0.05, 0) is 26.3 Å². The lowest BCUT2D eigenvalue weighted by atomic mass is 9.94. The number of aryl methyl sites for hydroxylation is 2. The zero-order valence-electron chi connectivity index (χ0n) is 11.7. The third-order valence-electron chi connectivity index (χ3n) is 3.60. The monoisotopic (exact) mass is 279 g/mol. The van der Waals surface area contributed by atoms with E-state index in [1.807, 2.05) is 19.4 Å². The van der Waals surface area contributed by atoms with E-state index in [4.69, 9.17) is 4.52 Å². The van der Waals surface area contributed by atoms with Crippen molar-refractivity contribution in [1.29, 1.82) is 0 Å². The summed E-state index contributed by atoms with van der Waals surface area (Å²) in [6.07, 6.45) is 4.97. The molecule has 1 aliphatic rings. The molecule has 1 fully saturated rings. The molecule has 2 aromatic rings. The van der Waals surface area contributed by atoms with E-state index in [2.05, 4.69) is 20.1 Å². The Kier molecular flexibility index (Phi) is 3.29. The molecule has 1 aliphatic heterocycles. The Morgan fingerprint density at radius 1 is 1.50 bits per heavy atom. The lowest BCUT2D eigenvalue weighted by Crippen LogP contribution is -2.43. The molecule has 0 spiro atoms. The standard InChI is InChI=1S/C13H18FN5O/c1-10-16-12(20-17-10)13(14)4-3-5-19(9-13)8-11-6-15-18(2)7-11/h6-7H,3-5,8-9H2,1-2H3. The van der Waals surface area contributed by atoms with E-state index in [9.17, 15) is 0 Å². The van der Waals surface area contributed by atoms with Gasteiger partial charge in [0.05, 0.1) is 6.20 Å². The van der Waals surface area contributed by atoms with E-state index >= 15 is 4.39 Å². The average Bonchev–Trinajstić information content (AvgIpc) is 2.99. The molecule has 0 amide bonds. The Morgan fingerprint density at radius 3 is 3.00 bits per heavy atom. The van der Waals surface area contributed by atoms with Crippen LogP contribution in [0.1, 0.15) is 30.1 Å². The Hall–Kier alpha value is -1.76. The highest BCUT2D eigenvalue weighted by Crippen LogP contribution is 2.35. The highest BCUT2D eigenvalue weighted by molar-refractivity contribution is 5.06. The summed E-state index contributed by atoms with van der Waals surface area (Å²) in [7, 11) is 1.88. The summed E-state index contributed by atoms with van der Waals surface area (Å²) in [6.45, 7) is 3.54. The molecule has 7 heteroatoms. The molecule has 1 saturated heterocycles. The molecule has 0 saturated carbocycles. The van der Waals surface area contributed by atoms with E-state index in [0.29, 0.717) is 18.8 Å². The molecule has 0 bridgehead atoms. The number of hydrogen-bond donors (Lipinski definition) is 0. The summed E-state index contributed by atoms with van der Waals surface area (Å²) in [5.41, 5.74) is -0.458. The van der Waals surface area contributed by atoms with Crippen molar-refractivity contribution in [2.24, 2.45) is 7.05 Å². The molecule has 3 heterocycles. The van der Waals surface area contributed by atoms with Gasteiger partial charge in [-0.3, -0.25) is 9.58 Å². The van der Waals surface area contributed by atoms with Crippen LogP contribution in [0.4, 0.5) is 4.39 Å². The molecule has 0 radical (unpaired) electrons. The van der Waals surface area contributed by atoms with Crippen LogP contribution in [-0.4, -0.2) is 37.9 Å². The maximum absolute atomic E-state index is 15.0. The molecule has 1 unspecified atom stereocenters. The Balaban J connectivity index is 1.72. The van der Waals surface area contributed by atoms with Gasteiger partial charge < -0.3 is 4.52 Å². The third kappa shape index (κ3) is 2.58. The fourth-order valence-electron chi connectivity index (χ4n) is 2.70. The van der Waals surface area contributed by atoms with Gasteiger partial charge in [0.1, 0.15) is 0 Å². The van der Waals surface area contributed by atoms with Crippen molar-refractivity contribution in [2.75, 3.05) is 13.1 Å². The second-order valence-corrected chi connectivity index (χ2v) is 5.45. The molecule has 0 aromatic carbocycles. The minimum absolute atomic E-state index is 0.103. The Morgan fingerprint density at radius 2 is 2.35 bits per heavy atom. The maximum Gasteiger partial charge on any atom is 0.265 e. The molecule has 2 aromatic heterocycles. The number of likely N-dealkylation sites (tertiary alicyclic amines) is 1. The zero-order valence-corrected chi connectivity index (χ0v) is 11.7. The van der Waals surface area contributed by atoms with Crippen molar-refractivity contribution in [3.05, 3.63) is 29.7 Å². The number of rotatable bonds is 3. The van der Waals surface area contributed by atoms with Gasteiger partial charge in [-0.1, -0.05) is 5.16 Å². The molecular weight excluding hydrogens is 261 g/mol. The number of halogens is 1. The Bertz CT molecular complexity index is 595. The van der Waals surface area contributed by atoms with Gasteiger partial charge in [-0.2, -0.15) is 10.1 Å². The lowest BCUT2D eigenvalue weighted by molar-refractivity contribution is 0.0124. The number of nitrogens with zero attached hydrogens (tertiary/aromatic N) is 5. The summed E-state index contributed by atoms with van der Waals surface area (Å²) >= 11 is 0. The predicted octanol–water partition coefficient (Wildman–Crippen LogP) is 1.57. The number of piperidine rings is 1. The fourth-order valence-corrected chi connectivity index (χ4v) is 2.70. The normalized spacial score (nSPS) is 24.1. The van der Waals surface area contributed by atoms with Gasteiger partial charge in [0.15, 0.2) is 5.82 Å². The quantitative estimate of drug-likeness (QED) is 0.853. The molecule has 1 atom stereocenters. The minimum Gasteiger partial charge on any atom is -0.336 e. The fraction of sp³-hybridized carbons (Fsp3) is 0.615. The van der Waals surface area contributed by atoms with Crippen LogP contribution in [0.5, 0.6) is 0 Å². The van der Waals surface area contributed by atoms with E-state index < -0.39 is 5.67 Å². The van der Waals surface area contributed by atoms with Crippen molar-refractivity contribution >= 4 is 0 Å². The molecule has 0 aliphatic carbocycles. The summed E-state index contributed by atoms with van der Waals surface area (Å²) in [4.78, 5) is 6.13. The average molecular weight is 279 g/mol. The lowest BCUT2D eigenvalue weighted by Gasteiger charge is -2.34. The van der Waals surface area contributed by atoms with Crippen molar-refractivity contribution in [3.8, 4) is 0 Å². The topological polar surface area (TPSA) is 60.0 Å². The highest BCUT2D eigenvalue weighted by atomic mass is 19.1. The molecule has 0 N–H and O–H groups in total. The zero-order chi connectivity index (χ0) is 14.2. The van der Waals surface area contributed by atoms with Crippen molar-refractivity contribution in [3.63, 3.8) is 0 Å². The second kappa shape index (κ2) is 4.97. The SMILES string of the molecule is Cc1noc(C2(F)CCCN(Cc3cnn(C)c3)C2)n1. The van der Waals surface area contributed by atoms with Gasteiger partial charge in [0, 0.05) is 31.9 Å². The van der Waals surface area contributed by atoms with Gasteiger partial charge in [0.2, 0.25) is 5.67 Å². The summed E-state index contributed by atoms with van der Waals surface area (Å²) < 4.78 is 21.8. The van der Waals surface area contributed by atoms with Crippen LogP contribution in [0.3, 0.4) is 0 Å². The van der Waals surface area contributed by atoms with Crippen LogP contribution in [-0.2, 0) is 19.3 Å². The summed E-state index contributed by atoms with van der Waals surface area (Å²) in [5.74, 6) is 0.576. The van der Waals surface area contributed by atoms with Gasteiger partial charge in [-0.15, -0.1) is 0 Å². The first-order chi connectivity index (χ1) is 9.55. The molecular formula is C13H18FN5O. The van der Waals surface area contributed by atoms with Crippen LogP contribution in [0.15, 0.2) is 16.9 Å². The van der Waals surface area contributed by atoms with Gasteiger partial charge >= 0.3 is 0 Å². The Labute approximate surface area is 116 Å². The predicted molar refractivity (Wildman–Crippen MR) is 69.5 cm³/mol. The van der Waals surface area contributed by atoms with Crippen LogP contribution >= 0.6 is 0 Å². The number of aromatic nitrogens is 4. The van der Waals surface area contributed by atoms with Crippen molar-refractivity contribution in [2.45, 2.75) is 32.0 Å². The van der Waals surface area contributed by atoms with E-state index in [0.717, 1.165) is 18.5 Å².